The first-order valence-corrected chi connectivity index (χ1v) is 11.8. The van der Waals surface area contributed by atoms with Gasteiger partial charge in [0.15, 0.2) is 11.4 Å². The Balaban J connectivity index is 1.92. The number of aromatic nitrogens is 1. The van der Waals surface area contributed by atoms with Gasteiger partial charge in [-0.1, -0.05) is 35.1 Å². The van der Waals surface area contributed by atoms with Crippen LogP contribution in [0.4, 0.5) is 0 Å². The fourth-order valence-corrected chi connectivity index (χ4v) is 5.12. The van der Waals surface area contributed by atoms with Crippen molar-refractivity contribution in [3.8, 4) is 11.5 Å². The molecule has 186 valence electrons. The van der Waals surface area contributed by atoms with Gasteiger partial charge in [-0.3, -0.25) is 9.36 Å². The van der Waals surface area contributed by atoms with E-state index in [2.05, 4.69) is 4.99 Å². The van der Waals surface area contributed by atoms with Gasteiger partial charge < -0.3 is 19.3 Å². The van der Waals surface area contributed by atoms with E-state index < -0.39 is 24.6 Å². The van der Waals surface area contributed by atoms with E-state index in [4.69, 9.17) is 30.9 Å². The van der Waals surface area contributed by atoms with Crippen LogP contribution in [0.25, 0.3) is 6.08 Å². The highest BCUT2D eigenvalue weighted by Crippen LogP contribution is 2.37. The monoisotopic (exact) mass is 528 g/mol. The molecule has 1 N–H and O–H groups in total. The number of carbonyl (C=O) groups excluding carboxylic acids is 1. The minimum atomic E-state index is -1.10. The Hall–Kier alpha value is -3.89. The van der Waals surface area contributed by atoms with Crippen LogP contribution < -0.4 is 24.4 Å². The zero-order chi connectivity index (χ0) is 26.0. The molecule has 0 spiro atoms. The largest absolute Gasteiger partial charge is 0.496 e. The molecular weight excluding hydrogens is 508 g/mol. The summed E-state index contributed by atoms with van der Waals surface area (Å²) in [5, 5.41) is 9.25. The fraction of sp³-hybridized carbons (Fsp3) is 0.200. The molecule has 1 aromatic heterocycles. The zero-order valence-electron chi connectivity index (χ0n) is 19.5. The van der Waals surface area contributed by atoms with E-state index in [-0.39, 0.29) is 11.1 Å². The number of halogens is 1. The number of carboxylic acid groups (broad SMARTS) is 1. The molecule has 0 bridgehead atoms. The Bertz CT molecular complexity index is 1570. The molecule has 11 heteroatoms. The third kappa shape index (κ3) is 4.91. The molecule has 9 nitrogen and oxygen atoms in total. The Kier molecular flexibility index (Phi) is 7.27. The third-order valence-corrected chi connectivity index (χ3v) is 6.65. The molecule has 0 radical (unpaired) electrons. The van der Waals surface area contributed by atoms with E-state index in [0.717, 1.165) is 11.3 Å². The summed E-state index contributed by atoms with van der Waals surface area (Å²) in [6.07, 6.45) is 1.65. The zero-order valence-corrected chi connectivity index (χ0v) is 21.1. The molecule has 1 aliphatic heterocycles. The van der Waals surface area contributed by atoms with Crippen LogP contribution in [0, 0.1) is 0 Å². The van der Waals surface area contributed by atoms with E-state index in [1.54, 1.807) is 55.5 Å². The Morgan fingerprint density at radius 2 is 2.00 bits per heavy atom. The van der Waals surface area contributed by atoms with Gasteiger partial charge in [0.05, 0.1) is 30.0 Å². The summed E-state index contributed by atoms with van der Waals surface area (Å²) in [6, 6.07) is 10.8. The van der Waals surface area contributed by atoms with Crippen molar-refractivity contribution in [2.24, 2.45) is 4.99 Å². The van der Waals surface area contributed by atoms with Crippen LogP contribution >= 0.6 is 22.9 Å². The lowest BCUT2D eigenvalue weighted by Crippen LogP contribution is -2.40. The lowest BCUT2D eigenvalue weighted by Gasteiger charge is -2.25. The summed E-state index contributed by atoms with van der Waals surface area (Å²) in [6.45, 7) is 1.19. The molecule has 0 saturated carbocycles. The lowest BCUT2D eigenvalue weighted by atomic mass is 9.95. The van der Waals surface area contributed by atoms with Gasteiger partial charge in [0, 0.05) is 10.6 Å². The van der Waals surface area contributed by atoms with Crippen LogP contribution in [-0.4, -0.2) is 42.4 Å². The average molecular weight is 529 g/mol. The number of thiazole rings is 1. The number of benzene rings is 2. The Labute approximate surface area is 214 Å². The normalized spacial score (nSPS) is 15.2. The van der Waals surface area contributed by atoms with Gasteiger partial charge in [0.1, 0.15) is 17.5 Å². The van der Waals surface area contributed by atoms with E-state index in [9.17, 15) is 14.4 Å². The summed E-state index contributed by atoms with van der Waals surface area (Å²) < 4.78 is 17.6. The molecule has 0 fully saturated rings. The number of esters is 1. The van der Waals surface area contributed by atoms with Gasteiger partial charge in [-0.05, 0) is 48.9 Å². The van der Waals surface area contributed by atoms with Gasteiger partial charge in [-0.15, -0.1) is 0 Å². The van der Waals surface area contributed by atoms with Crippen molar-refractivity contribution in [2.45, 2.75) is 13.0 Å². The van der Waals surface area contributed by atoms with Gasteiger partial charge in [0.25, 0.3) is 5.56 Å². The number of hydrogen-bond acceptors (Lipinski definition) is 8. The number of methoxy groups -OCH3 is 2. The van der Waals surface area contributed by atoms with Crippen LogP contribution in [0.5, 0.6) is 11.5 Å². The van der Waals surface area contributed by atoms with Crippen LogP contribution in [0.15, 0.2) is 63.5 Å². The SMILES string of the molecule is COC(=O)C1=C(C)N=c2s/c(=C\c3cccc(OCC(=O)O)c3)c(=O)n2[C@H]1c1cc(Cl)ccc1OC. The maximum Gasteiger partial charge on any atom is 0.341 e. The molecule has 36 heavy (non-hydrogen) atoms. The van der Waals surface area contributed by atoms with Crippen molar-refractivity contribution in [3.05, 3.63) is 89.6 Å². The molecule has 0 amide bonds. The Morgan fingerprint density at radius 1 is 1.22 bits per heavy atom. The molecule has 4 rings (SSSR count). The van der Waals surface area contributed by atoms with Crippen LogP contribution in [-0.2, 0) is 14.3 Å². The van der Waals surface area contributed by atoms with Crippen LogP contribution in [0.3, 0.4) is 0 Å². The van der Waals surface area contributed by atoms with E-state index in [1.165, 1.54) is 18.8 Å². The highest BCUT2D eigenvalue weighted by atomic mass is 35.5. The van der Waals surface area contributed by atoms with E-state index in [0.29, 0.717) is 42.7 Å². The van der Waals surface area contributed by atoms with Gasteiger partial charge in [-0.25, -0.2) is 14.6 Å². The molecule has 2 aromatic carbocycles. The van der Waals surface area contributed by atoms with Crippen molar-refractivity contribution in [3.63, 3.8) is 0 Å². The fourth-order valence-electron chi connectivity index (χ4n) is 3.90. The summed E-state index contributed by atoms with van der Waals surface area (Å²) in [4.78, 5) is 42.2. The number of aliphatic carboxylic acids is 1. The summed E-state index contributed by atoms with van der Waals surface area (Å²) in [7, 11) is 2.75. The van der Waals surface area contributed by atoms with E-state index in [1.807, 2.05) is 0 Å². The highest BCUT2D eigenvalue weighted by Gasteiger charge is 2.35. The van der Waals surface area contributed by atoms with Crippen molar-refractivity contribution < 1.29 is 28.9 Å². The highest BCUT2D eigenvalue weighted by molar-refractivity contribution is 7.07. The van der Waals surface area contributed by atoms with Crippen molar-refractivity contribution in [1.29, 1.82) is 0 Å². The standard InChI is InChI=1S/C25H21ClN2O7S/c1-13-21(24(32)34-3)22(17-11-15(26)7-8-18(17)33-2)28-23(31)19(36-25(28)27-13)10-14-5-4-6-16(9-14)35-12-20(29)30/h4-11,22H,12H2,1-3H3,(H,29,30)/b19-10-/t22-/m0/s1. The van der Waals surface area contributed by atoms with Gasteiger partial charge >= 0.3 is 11.9 Å². The minimum absolute atomic E-state index is 0.195. The topological polar surface area (TPSA) is 116 Å². The molecular formula is C25H21ClN2O7S. The van der Waals surface area contributed by atoms with Crippen molar-refractivity contribution in [2.75, 3.05) is 20.8 Å². The number of hydrogen-bond donors (Lipinski definition) is 1. The second kappa shape index (κ2) is 10.4. The van der Waals surface area contributed by atoms with Gasteiger partial charge in [-0.2, -0.15) is 0 Å². The first-order valence-electron chi connectivity index (χ1n) is 10.6. The van der Waals surface area contributed by atoms with Crippen molar-refractivity contribution in [1.82, 2.24) is 4.57 Å². The number of allylic oxidation sites excluding steroid dienone is 1. The number of carboxylic acids is 1. The summed E-state index contributed by atoms with van der Waals surface area (Å²) in [5.41, 5.74) is 1.36. The molecule has 3 aromatic rings. The molecule has 1 aliphatic rings. The number of fused-ring (bicyclic) bond motifs is 1. The smallest absolute Gasteiger partial charge is 0.341 e. The number of nitrogens with zero attached hydrogens (tertiary/aromatic N) is 2. The molecule has 1 atom stereocenters. The quantitative estimate of drug-likeness (QED) is 0.468. The van der Waals surface area contributed by atoms with Crippen LogP contribution in [0.2, 0.25) is 5.02 Å². The lowest BCUT2D eigenvalue weighted by molar-refractivity contribution is -0.139. The average Bonchev–Trinajstić information content (AvgIpc) is 3.15. The first kappa shape index (κ1) is 25.2. The number of ether oxygens (including phenoxy) is 3. The predicted molar refractivity (Wildman–Crippen MR) is 133 cm³/mol. The first-order chi connectivity index (χ1) is 17.2. The second-order valence-electron chi connectivity index (χ2n) is 7.71. The molecule has 0 saturated heterocycles. The van der Waals surface area contributed by atoms with Crippen molar-refractivity contribution >= 4 is 41.0 Å². The predicted octanol–water partition coefficient (Wildman–Crippen LogP) is 2.53. The maximum atomic E-state index is 13.7. The minimum Gasteiger partial charge on any atom is -0.496 e. The summed E-state index contributed by atoms with van der Waals surface area (Å²) >= 11 is 7.43. The van der Waals surface area contributed by atoms with Gasteiger partial charge in [0.2, 0.25) is 0 Å². The van der Waals surface area contributed by atoms with Crippen LogP contribution in [0.1, 0.15) is 24.1 Å². The second-order valence-corrected chi connectivity index (χ2v) is 9.16. The third-order valence-electron chi connectivity index (χ3n) is 5.43. The summed E-state index contributed by atoms with van der Waals surface area (Å²) in [5.74, 6) is -0.926. The number of rotatable bonds is 7. The van der Waals surface area contributed by atoms with E-state index >= 15 is 0 Å². The molecule has 2 heterocycles. The maximum absolute atomic E-state index is 13.7. The number of carbonyl (C=O) groups is 2. The Morgan fingerprint density at radius 3 is 2.69 bits per heavy atom. The molecule has 0 aliphatic carbocycles. The molecule has 0 unspecified atom stereocenters.